The lowest BCUT2D eigenvalue weighted by molar-refractivity contribution is 0.0941. The van der Waals surface area contributed by atoms with E-state index in [-0.39, 0.29) is 16.9 Å². The standard InChI is InChI=1S/C31H34N4O3/c1-31(2,3)23-10-7-11-24(18-23)32-28(22-14-15-38-19-22)33-29(36)21-9-6-8-20(16-21)17-27-25-12-4-5-13-26(25)30(37)35-34-27/h6-11,14-16,18-19,28,32H,4-5,12-13,17H2,1-3H3,(H,33,36)(H,35,37). The van der Waals surface area contributed by atoms with Gasteiger partial charge in [-0.25, -0.2) is 5.10 Å². The highest BCUT2D eigenvalue weighted by Gasteiger charge is 2.21. The summed E-state index contributed by atoms with van der Waals surface area (Å²) in [5.74, 6) is -0.200. The van der Waals surface area contributed by atoms with Crippen molar-refractivity contribution in [2.75, 3.05) is 5.32 Å². The molecule has 2 heterocycles. The molecule has 196 valence electrons. The summed E-state index contributed by atoms with van der Waals surface area (Å²) in [5, 5.41) is 13.6. The minimum atomic E-state index is -0.479. The first kappa shape index (κ1) is 25.5. The molecule has 0 saturated heterocycles. The largest absolute Gasteiger partial charge is 0.472 e. The van der Waals surface area contributed by atoms with Gasteiger partial charge in [0.2, 0.25) is 0 Å². The van der Waals surface area contributed by atoms with Crippen LogP contribution in [0.5, 0.6) is 0 Å². The Morgan fingerprint density at radius 3 is 2.61 bits per heavy atom. The summed E-state index contributed by atoms with van der Waals surface area (Å²) >= 11 is 0. The van der Waals surface area contributed by atoms with Gasteiger partial charge in [-0.05, 0) is 78.1 Å². The molecule has 1 amide bonds. The minimum absolute atomic E-state index is 0.00634. The third-order valence-corrected chi connectivity index (χ3v) is 7.13. The van der Waals surface area contributed by atoms with Crippen molar-refractivity contribution in [3.05, 3.63) is 117 Å². The van der Waals surface area contributed by atoms with Crippen molar-refractivity contribution in [3.8, 4) is 0 Å². The number of rotatable bonds is 7. The summed E-state index contributed by atoms with van der Waals surface area (Å²) in [6.45, 7) is 6.52. The van der Waals surface area contributed by atoms with E-state index in [2.05, 4.69) is 53.7 Å². The van der Waals surface area contributed by atoms with Crippen LogP contribution < -0.4 is 16.2 Å². The van der Waals surface area contributed by atoms with Crippen LogP contribution in [0.2, 0.25) is 0 Å². The molecule has 2 aromatic heterocycles. The number of aromatic amines is 1. The molecule has 0 saturated carbocycles. The Labute approximate surface area is 222 Å². The van der Waals surface area contributed by atoms with Crippen molar-refractivity contribution < 1.29 is 9.21 Å². The van der Waals surface area contributed by atoms with Crippen molar-refractivity contribution in [2.45, 2.75) is 64.5 Å². The number of anilines is 1. The van der Waals surface area contributed by atoms with E-state index in [9.17, 15) is 9.59 Å². The number of aromatic nitrogens is 2. The van der Waals surface area contributed by atoms with E-state index in [4.69, 9.17) is 4.42 Å². The number of amides is 1. The number of carbonyl (C=O) groups is 1. The van der Waals surface area contributed by atoms with E-state index in [0.29, 0.717) is 12.0 Å². The second-order valence-electron chi connectivity index (χ2n) is 11.0. The highest BCUT2D eigenvalue weighted by Crippen LogP contribution is 2.27. The SMILES string of the molecule is CC(C)(C)c1cccc(NC(NC(=O)c2cccc(Cc3n[nH]c(=O)c4c3CCCC4)c2)c2ccoc2)c1. The van der Waals surface area contributed by atoms with Gasteiger partial charge >= 0.3 is 0 Å². The van der Waals surface area contributed by atoms with Crippen molar-refractivity contribution in [2.24, 2.45) is 0 Å². The lowest BCUT2D eigenvalue weighted by Gasteiger charge is -2.23. The molecular weight excluding hydrogens is 476 g/mol. The summed E-state index contributed by atoms with van der Waals surface area (Å²) in [4.78, 5) is 25.6. The Balaban J connectivity index is 1.36. The lowest BCUT2D eigenvalue weighted by Crippen LogP contribution is -2.33. The second-order valence-corrected chi connectivity index (χ2v) is 11.0. The smallest absolute Gasteiger partial charge is 0.267 e. The maximum Gasteiger partial charge on any atom is 0.267 e. The molecule has 1 atom stereocenters. The predicted molar refractivity (Wildman–Crippen MR) is 148 cm³/mol. The van der Waals surface area contributed by atoms with Crippen LogP contribution in [0.15, 0.2) is 76.3 Å². The van der Waals surface area contributed by atoms with Gasteiger partial charge in [-0.15, -0.1) is 0 Å². The van der Waals surface area contributed by atoms with E-state index < -0.39 is 6.17 Å². The van der Waals surface area contributed by atoms with Crippen LogP contribution >= 0.6 is 0 Å². The first-order valence-electron chi connectivity index (χ1n) is 13.2. The first-order valence-corrected chi connectivity index (χ1v) is 13.2. The summed E-state index contributed by atoms with van der Waals surface area (Å²) in [6.07, 6.45) is 7.07. The molecular formula is C31H34N4O3. The van der Waals surface area contributed by atoms with Crippen LogP contribution in [0, 0.1) is 0 Å². The minimum Gasteiger partial charge on any atom is -0.472 e. The van der Waals surface area contributed by atoms with Gasteiger partial charge in [0.25, 0.3) is 11.5 Å². The predicted octanol–water partition coefficient (Wildman–Crippen LogP) is 5.67. The molecule has 0 fully saturated rings. The number of furan rings is 1. The van der Waals surface area contributed by atoms with Crippen molar-refractivity contribution >= 4 is 11.6 Å². The van der Waals surface area contributed by atoms with Gasteiger partial charge in [0.1, 0.15) is 6.17 Å². The van der Waals surface area contributed by atoms with E-state index in [1.807, 2.05) is 36.4 Å². The topological polar surface area (TPSA) is 100 Å². The number of H-pyrrole nitrogens is 1. The fraction of sp³-hybridized carbons (Fsp3) is 0.323. The molecule has 1 aliphatic carbocycles. The zero-order valence-corrected chi connectivity index (χ0v) is 22.1. The Kier molecular flexibility index (Phi) is 7.18. The normalized spacial score (nSPS) is 14.0. The monoisotopic (exact) mass is 510 g/mol. The van der Waals surface area contributed by atoms with Crippen molar-refractivity contribution in [1.82, 2.24) is 15.5 Å². The first-order chi connectivity index (χ1) is 18.3. The third kappa shape index (κ3) is 5.72. The number of nitrogens with one attached hydrogen (secondary N) is 3. The highest BCUT2D eigenvalue weighted by atomic mass is 16.3. The summed E-state index contributed by atoms with van der Waals surface area (Å²) < 4.78 is 5.31. The Morgan fingerprint density at radius 2 is 1.84 bits per heavy atom. The molecule has 0 spiro atoms. The third-order valence-electron chi connectivity index (χ3n) is 7.13. The number of fused-ring (bicyclic) bond motifs is 1. The molecule has 4 aromatic rings. The highest BCUT2D eigenvalue weighted by molar-refractivity contribution is 5.94. The van der Waals surface area contributed by atoms with Gasteiger partial charge in [-0.1, -0.05) is 45.0 Å². The van der Waals surface area contributed by atoms with E-state index in [0.717, 1.165) is 59.3 Å². The zero-order chi connectivity index (χ0) is 26.7. The maximum absolute atomic E-state index is 13.4. The number of nitrogens with zero attached hydrogens (tertiary/aromatic N) is 1. The van der Waals surface area contributed by atoms with E-state index in [1.54, 1.807) is 18.6 Å². The zero-order valence-electron chi connectivity index (χ0n) is 22.1. The van der Waals surface area contributed by atoms with E-state index in [1.165, 1.54) is 5.56 Å². The van der Waals surface area contributed by atoms with Gasteiger partial charge in [0.15, 0.2) is 0 Å². The van der Waals surface area contributed by atoms with Gasteiger partial charge in [-0.2, -0.15) is 5.10 Å². The van der Waals surface area contributed by atoms with Gasteiger partial charge < -0.3 is 15.1 Å². The van der Waals surface area contributed by atoms with Gasteiger partial charge in [0.05, 0.1) is 18.2 Å². The maximum atomic E-state index is 13.4. The molecule has 3 N–H and O–H groups in total. The Morgan fingerprint density at radius 1 is 1.05 bits per heavy atom. The average molecular weight is 511 g/mol. The average Bonchev–Trinajstić information content (AvgIpc) is 3.45. The van der Waals surface area contributed by atoms with Gasteiger partial charge in [0, 0.05) is 28.8 Å². The molecule has 7 heteroatoms. The molecule has 0 aliphatic heterocycles. The summed E-state index contributed by atoms with van der Waals surface area (Å²) in [6, 6.07) is 17.6. The van der Waals surface area contributed by atoms with Crippen LogP contribution in [0.3, 0.4) is 0 Å². The number of carbonyl (C=O) groups excluding carboxylic acids is 1. The fourth-order valence-electron chi connectivity index (χ4n) is 4.99. The molecule has 5 rings (SSSR count). The number of benzene rings is 2. The van der Waals surface area contributed by atoms with Crippen LogP contribution in [-0.4, -0.2) is 16.1 Å². The van der Waals surface area contributed by atoms with Gasteiger partial charge in [-0.3, -0.25) is 9.59 Å². The van der Waals surface area contributed by atoms with Crippen LogP contribution in [0.4, 0.5) is 5.69 Å². The number of hydrogen-bond donors (Lipinski definition) is 3. The molecule has 38 heavy (non-hydrogen) atoms. The van der Waals surface area contributed by atoms with Crippen LogP contribution in [0.25, 0.3) is 0 Å². The molecule has 2 aromatic carbocycles. The van der Waals surface area contributed by atoms with Crippen LogP contribution in [0.1, 0.15) is 83.6 Å². The summed E-state index contributed by atoms with van der Waals surface area (Å²) in [7, 11) is 0. The fourth-order valence-corrected chi connectivity index (χ4v) is 4.99. The molecule has 1 unspecified atom stereocenters. The van der Waals surface area contributed by atoms with Crippen molar-refractivity contribution in [3.63, 3.8) is 0 Å². The Bertz CT molecular complexity index is 1480. The quantitative estimate of drug-likeness (QED) is 0.278. The van der Waals surface area contributed by atoms with Crippen LogP contribution in [-0.2, 0) is 24.7 Å². The molecule has 0 radical (unpaired) electrons. The molecule has 7 nitrogen and oxygen atoms in total. The van der Waals surface area contributed by atoms with Crippen molar-refractivity contribution in [1.29, 1.82) is 0 Å². The molecule has 1 aliphatic rings. The lowest BCUT2D eigenvalue weighted by atomic mass is 9.87. The second kappa shape index (κ2) is 10.7. The Hall–Kier alpha value is -4.13. The summed E-state index contributed by atoms with van der Waals surface area (Å²) in [5.41, 5.74) is 7.19. The molecule has 0 bridgehead atoms. The van der Waals surface area contributed by atoms with E-state index >= 15 is 0 Å². The number of hydrogen-bond acceptors (Lipinski definition) is 5.